The summed E-state index contributed by atoms with van der Waals surface area (Å²) >= 11 is 0. The summed E-state index contributed by atoms with van der Waals surface area (Å²) in [6.07, 6.45) is 4.41. The largest absolute Gasteiger partial charge is 0.370 e. The van der Waals surface area contributed by atoms with E-state index >= 15 is 0 Å². The quantitative estimate of drug-likeness (QED) is 0.802. The second kappa shape index (κ2) is 4.97. The van der Waals surface area contributed by atoms with Gasteiger partial charge in [-0.15, -0.1) is 0 Å². The smallest absolute Gasteiger partial charge is 0.243 e. The zero-order chi connectivity index (χ0) is 13.2. The molecule has 2 aliphatic rings. The van der Waals surface area contributed by atoms with Crippen LogP contribution in [0, 0.1) is 22.7 Å². The first-order chi connectivity index (χ1) is 8.57. The molecule has 18 heavy (non-hydrogen) atoms. The van der Waals surface area contributed by atoms with Gasteiger partial charge >= 0.3 is 0 Å². The molecule has 1 heterocycles. The van der Waals surface area contributed by atoms with Gasteiger partial charge in [-0.25, -0.2) is 0 Å². The predicted octanol–water partition coefficient (Wildman–Crippen LogP) is 0.794. The van der Waals surface area contributed by atoms with Crippen molar-refractivity contribution in [3.8, 4) is 6.07 Å². The topological polar surface area (TPSA) is 87.2 Å². The molecule has 2 fully saturated rings. The van der Waals surface area contributed by atoms with Gasteiger partial charge < -0.3 is 10.6 Å². The standard InChI is InChI=1S/C13H19N3O2/c14-9-13(4-1-5-13)12(18)16-6-2-10(3-7-16)8-11(15)17/h10H,1-8H2,(H2,15,17). The molecule has 1 saturated carbocycles. The van der Waals surface area contributed by atoms with Crippen LogP contribution in [0.15, 0.2) is 0 Å². The monoisotopic (exact) mass is 249 g/mol. The lowest BCUT2D eigenvalue weighted by molar-refractivity contribution is -0.144. The van der Waals surface area contributed by atoms with Crippen LogP contribution in [0.1, 0.15) is 38.5 Å². The highest BCUT2D eigenvalue weighted by Crippen LogP contribution is 2.42. The molecule has 2 amide bonds. The maximum Gasteiger partial charge on any atom is 0.243 e. The van der Waals surface area contributed by atoms with Gasteiger partial charge in [0.15, 0.2) is 0 Å². The fourth-order valence-corrected chi connectivity index (χ4v) is 2.83. The van der Waals surface area contributed by atoms with Crippen LogP contribution in [0.2, 0.25) is 0 Å². The van der Waals surface area contributed by atoms with Crippen LogP contribution < -0.4 is 5.73 Å². The number of piperidine rings is 1. The molecule has 1 saturated heterocycles. The number of nitrogens with two attached hydrogens (primary N) is 1. The van der Waals surface area contributed by atoms with E-state index in [2.05, 4.69) is 6.07 Å². The third kappa shape index (κ3) is 2.33. The van der Waals surface area contributed by atoms with Crippen LogP contribution in [0.3, 0.4) is 0 Å². The molecule has 0 unspecified atom stereocenters. The number of nitriles is 1. The lowest BCUT2D eigenvalue weighted by atomic mass is 9.68. The zero-order valence-electron chi connectivity index (χ0n) is 10.5. The van der Waals surface area contributed by atoms with Crippen molar-refractivity contribution in [2.75, 3.05) is 13.1 Å². The van der Waals surface area contributed by atoms with Crippen molar-refractivity contribution in [3.63, 3.8) is 0 Å². The lowest BCUT2D eigenvalue weighted by Gasteiger charge is -2.40. The number of primary amides is 1. The summed E-state index contributed by atoms with van der Waals surface area (Å²) in [5.41, 5.74) is 4.44. The third-order valence-electron chi connectivity index (χ3n) is 4.22. The van der Waals surface area contributed by atoms with Gasteiger partial charge in [0.2, 0.25) is 11.8 Å². The van der Waals surface area contributed by atoms with E-state index in [0.29, 0.717) is 38.3 Å². The number of rotatable bonds is 3. The van der Waals surface area contributed by atoms with E-state index in [4.69, 9.17) is 11.0 Å². The summed E-state index contributed by atoms with van der Waals surface area (Å²) in [7, 11) is 0. The molecule has 0 atom stereocenters. The van der Waals surface area contributed by atoms with Gasteiger partial charge in [-0.3, -0.25) is 9.59 Å². The van der Waals surface area contributed by atoms with E-state index in [1.807, 2.05) is 0 Å². The molecule has 1 aliphatic heterocycles. The van der Waals surface area contributed by atoms with Crippen LogP contribution >= 0.6 is 0 Å². The molecule has 5 nitrogen and oxygen atoms in total. The first kappa shape index (κ1) is 12.9. The SMILES string of the molecule is N#CC1(C(=O)N2CCC(CC(N)=O)CC2)CCC1. The van der Waals surface area contributed by atoms with Crippen LogP contribution in [0.4, 0.5) is 0 Å². The van der Waals surface area contributed by atoms with Gasteiger partial charge in [0.1, 0.15) is 5.41 Å². The fourth-order valence-electron chi connectivity index (χ4n) is 2.83. The van der Waals surface area contributed by atoms with Gasteiger partial charge in [0.25, 0.3) is 0 Å². The summed E-state index contributed by atoms with van der Waals surface area (Å²) in [4.78, 5) is 24.9. The summed E-state index contributed by atoms with van der Waals surface area (Å²) in [6.45, 7) is 1.31. The zero-order valence-corrected chi connectivity index (χ0v) is 10.5. The minimum Gasteiger partial charge on any atom is -0.370 e. The summed E-state index contributed by atoms with van der Waals surface area (Å²) < 4.78 is 0. The molecule has 0 aromatic carbocycles. The average molecular weight is 249 g/mol. The van der Waals surface area contributed by atoms with Crippen LogP contribution in [-0.4, -0.2) is 29.8 Å². The summed E-state index contributed by atoms with van der Waals surface area (Å²) in [5.74, 6) is 0.0204. The van der Waals surface area contributed by atoms with Crippen molar-refractivity contribution in [2.24, 2.45) is 17.1 Å². The molecule has 0 bridgehead atoms. The van der Waals surface area contributed by atoms with E-state index in [-0.39, 0.29) is 11.8 Å². The molecule has 0 aromatic heterocycles. The van der Waals surface area contributed by atoms with Crippen molar-refractivity contribution in [1.82, 2.24) is 4.90 Å². The highest BCUT2D eigenvalue weighted by molar-refractivity contribution is 5.86. The van der Waals surface area contributed by atoms with E-state index < -0.39 is 5.41 Å². The second-order valence-electron chi connectivity index (χ2n) is 5.45. The molecule has 5 heteroatoms. The Hall–Kier alpha value is -1.57. The predicted molar refractivity (Wildman–Crippen MR) is 65.0 cm³/mol. The molecule has 0 aromatic rings. The molecular weight excluding hydrogens is 230 g/mol. The first-order valence-electron chi connectivity index (χ1n) is 6.56. The Morgan fingerprint density at radius 1 is 1.33 bits per heavy atom. The highest BCUT2D eigenvalue weighted by Gasteiger charge is 2.47. The Balaban J connectivity index is 1.88. The molecule has 98 valence electrons. The van der Waals surface area contributed by atoms with Crippen molar-refractivity contribution in [1.29, 1.82) is 5.26 Å². The molecule has 2 N–H and O–H groups in total. The lowest BCUT2D eigenvalue weighted by Crippen LogP contribution is -2.49. The fraction of sp³-hybridized carbons (Fsp3) is 0.769. The van der Waals surface area contributed by atoms with Crippen LogP contribution in [0.25, 0.3) is 0 Å². The van der Waals surface area contributed by atoms with Crippen molar-refractivity contribution >= 4 is 11.8 Å². The van der Waals surface area contributed by atoms with Gasteiger partial charge in [-0.2, -0.15) is 5.26 Å². The Morgan fingerprint density at radius 3 is 2.33 bits per heavy atom. The summed E-state index contributed by atoms with van der Waals surface area (Å²) in [6, 6.07) is 2.19. The number of hydrogen-bond acceptors (Lipinski definition) is 3. The first-order valence-corrected chi connectivity index (χ1v) is 6.56. The number of likely N-dealkylation sites (tertiary alicyclic amines) is 1. The third-order valence-corrected chi connectivity index (χ3v) is 4.22. The Bertz CT molecular complexity index is 388. The van der Waals surface area contributed by atoms with E-state index in [9.17, 15) is 9.59 Å². The van der Waals surface area contributed by atoms with Crippen molar-refractivity contribution in [2.45, 2.75) is 38.5 Å². The maximum absolute atomic E-state index is 12.3. The van der Waals surface area contributed by atoms with Gasteiger partial charge in [0.05, 0.1) is 6.07 Å². The average Bonchev–Trinajstić information content (AvgIpc) is 2.28. The molecule has 0 spiro atoms. The Morgan fingerprint density at radius 2 is 1.94 bits per heavy atom. The maximum atomic E-state index is 12.3. The van der Waals surface area contributed by atoms with Crippen LogP contribution in [0.5, 0.6) is 0 Å². The van der Waals surface area contributed by atoms with E-state index in [0.717, 1.165) is 19.3 Å². The number of amides is 2. The van der Waals surface area contributed by atoms with Gasteiger partial charge in [0, 0.05) is 19.5 Å². The van der Waals surface area contributed by atoms with Crippen molar-refractivity contribution < 1.29 is 9.59 Å². The van der Waals surface area contributed by atoms with E-state index in [1.165, 1.54) is 0 Å². The van der Waals surface area contributed by atoms with Gasteiger partial charge in [-0.1, -0.05) is 0 Å². The minimum atomic E-state index is -0.740. The number of nitrogens with zero attached hydrogens (tertiary/aromatic N) is 2. The number of hydrogen-bond donors (Lipinski definition) is 1. The highest BCUT2D eigenvalue weighted by atomic mass is 16.2. The van der Waals surface area contributed by atoms with E-state index in [1.54, 1.807) is 4.90 Å². The Kier molecular flexibility index (Phi) is 3.55. The second-order valence-corrected chi connectivity index (χ2v) is 5.45. The van der Waals surface area contributed by atoms with Crippen LogP contribution in [-0.2, 0) is 9.59 Å². The minimum absolute atomic E-state index is 0.00576. The molecular formula is C13H19N3O2. The molecule has 2 rings (SSSR count). The number of carbonyl (C=O) groups is 2. The van der Waals surface area contributed by atoms with Crippen molar-refractivity contribution in [3.05, 3.63) is 0 Å². The Labute approximate surface area is 107 Å². The van der Waals surface area contributed by atoms with Gasteiger partial charge in [-0.05, 0) is 38.0 Å². The molecule has 0 radical (unpaired) electrons. The normalized spacial score (nSPS) is 22.9. The molecule has 1 aliphatic carbocycles. The number of carbonyl (C=O) groups excluding carboxylic acids is 2. The summed E-state index contributed by atoms with van der Waals surface area (Å²) in [5, 5.41) is 9.15.